The molecule has 1 N–H and O–H groups in total. The van der Waals surface area contributed by atoms with Gasteiger partial charge in [-0.1, -0.05) is 18.2 Å². The molecule has 0 spiro atoms. The van der Waals surface area contributed by atoms with Gasteiger partial charge in [-0.15, -0.1) is 0 Å². The summed E-state index contributed by atoms with van der Waals surface area (Å²) in [5.74, 6) is 0.837. The van der Waals surface area contributed by atoms with E-state index in [1.54, 1.807) is 11.0 Å². The minimum Gasteiger partial charge on any atom is -0.496 e. The number of carbonyl (C=O) groups excluding carboxylic acids is 1. The van der Waals surface area contributed by atoms with Crippen LogP contribution < -0.4 is 14.2 Å². The van der Waals surface area contributed by atoms with Gasteiger partial charge in [0.15, 0.2) is 0 Å². The molecule has 0 bridgehead atoms. The van der Waals surface area contributed by atoms with Crippen molar-refractivity contribution in [2.75, 3.05) is 20.2 Å². The minimum atomic E-state index is -3.89. The van der Waals surface area contributed by atoms with Gasteiger partial charge < -0.3 is 14.4 Å². The van der Waals surface area contributed by atoms with Gasteiger partial charge in [0.2, 0.25) is 10.0 Å². The summed E-state index contributed by atoms with van der Waals surface area (Å²) in [7, 11) is -2.41. The number of ether oxygens (including phenoxy) is 2. The first-order chi connectivity index (χ1) is 14.7. The molecule has 0 unspecified atom stereocenters. The number of para-hydroxylation sites is 1. The summed E-state index contributed by atoms with van der Waals surface area (Å²) in [6.07, 6.45) is 2.39. The molecule has 2 aromatic rings. The highest BCUT2D eigenvalue weighted by Crippen LogP contribution is 2.40. The van der Waals surface area contributed by atoms with Crippen molar-refractivity contribution in [2.24, 2.45) is 0 Å². The number of fused-ring (bicyclic) bond motifs is 1. The summed E-state index contributed by atoms with van der Waals surface area (Å²) in [6, 6.07) is 11.4. The summed E-state index contributed by atoms with van der Waals surface area (Å²) in [6.45, 7) is 5.21. The van der Waals surface area contributed by atoms with Crippen molar-refractivity contribution in [1.82, 2.24) is 9.62 Å². The normalized spacial score (nSPS) is 20.1. The van der Waals surface area contributed by atoms with E-state index in [1.807, 2.05) is 38.1 Å². The second-order valence-corrected chi connectivity index (χ2v) is 10.4. The quantitative estimate of drug-likeness (QED) is 0.763. The zero-order valence-corrected chi connectivity index (χ0v) is 18.9. The molecule has 2 aliphatic rings. The SMILES string of the molecule is COc1ccc(S(=O)(=O)N[C@H]2CC(C)(C)Oc3ccccc32)cc1C(=O)N1CCCC1. The van der Waals surface area contributed by atoms with Crippen LogP contribution in [0.25, 0.3) is 0 Å². The molecule has 1 fully saturated rings. The number of rotatable bonds is 5. The number of methoxy groups -OCH3 is 1. The molecule has 1 amide bonds. The molecular formula is C23H28N2O5S. The number of hydrogen-bond acceptors (Lipinski definition) is 5. The Morgan fingerprint density at radius 2 is 1.87 bits per heavy atom. The van der Waals surface area contributed by atoms with Crippen molar-refractivity contribution in [1.29, 1.82) is 0 Å². The van der Waals surface area contributed by atoms with Crippen LogP contribution in [0.1, 0.15) is 55.1 Å². The maximum atomic E-state index is 13.3. The van der Waals surface area contributed by atoms with E-state index in [9.17, 15) is 13.2 Å². The van der Waals surface area contributed by atoms with E-state index in [1.165, 1.54) is 19.2 Å². The molecule has 2 heterocycles. The fourth-order valence-corrected chi connectivity index (χ4v) is 5.52. The first-order valence-electron chi connectivity index (χ1n) is 10.5. The smallest absolute Gasteiger partial charge is 0.257 e. The number of amides is 1. The summed E-state index contributed by atoms with van der Waals surface area (Å²) in [5.41, 5.74) is 0.547. The predicted molar refractivity (Wildman–Crippen MR) is 117 cm³/mol. The van der Waals surface area contributed by atoms with Gasteiger partial charge >= 0.3 is 0 Å². The third-order valence-electron chi connectivity index (χ3n) is 5.78. The monoisotopic (exact) mass is 444 g/mol. The van der Waals surface area contributed by atoms with Crippen LogP contribution in [0.3, 0.4) is 0 Å². The highest BCUT2D eigenvalue weighted by molar-refractivity contribution is 7.89. The van der Waals surface area contributed by atoms with Crippen molar-refractivity contribution in [3.63, 3.8) is 0 Å². The molecule has 1 atom stereocenters. The molecule has 7 nitrogen and oxygen atoms in total. The predicted octanol–water partition coefficient (Wildman–Crippen LogP) is 3.51. The van der Waals surface area contributed by atoms with Crippen molar-refractivity contribution in [3.05, 3.63) is 53.6 Å². The topological polar surface area (TPSA) is 84.9 Å². The van der Waals surface area contributed by atoms with Crippen LogP contribution in [0.5, 0.6) is 11.5 Å². The number of benzene rings is 2. The van der Waals surface area contributed by atoms with Gasteiger partial charge in [0.1, 0.15) is 17.1 Å². The molecule has 0 aliphatic carbocycles. The van der Waals surface area contributed by atoms with Crippen LogP contribution in [0.4, 0.5) is 0 Å². The second kappa shape index (κ2) is 8.16. The average Bonchev–Trinajstić information content (AvgIpc) is 3.26. The van der Waals surface area contributed by atoms with Crippen LogP contribution in [0, 0.1) is 0 Å². The van der Waals surface area contributed by atoms with E-state index in [-0.39, 0.29) is 16.4 Å². The zero-order valence-electron chi connectivity index (χ0n) is 18.1. The van der Waals surface area contributed by atoms with Crippen LogP contribution in [-0.4, -0.2) is 45.0 Å². The molecule has 0 aromatic heterocycles. The van der Waals surface area contributed by atoms with E-state index in [0.29, 0.717) is 31.0 Å². The van der Waals surface area contributed by atoms with Crippen molar-refractivity contribution in [2.45, 2.75) is 49.6 Å². The Kier molecular flexibility index (Phi) is 5.70. The fraction of sp³-hybridized carbons (Fsp3) is 0.435. The summed E-state index contributed by atoms with van der Waals surface area (Å²) in [4.78, 5) is 14.7. The lowest BCUT2D eigenvalue weighted by molar-refractivity contribution is 0.0702. The lowest BCUT2D eigenvalue weighted by Gasteiger charge is -2.37. The van der Waals surface area contributed by atoms with Crippen LogP contribution in [0.2, 0.25) is 0 Å². The van der Waals surface area contributed by atoms with E-state index >= 15 is 0 Å². The average molecular weight is 445 g/mol. The Labute approximate surface area is 183 Å². The number of nitrogens with zero attached hydrogens (tertiary/aromatic N) is 1. The Balaban J connectivity index is 1.66. The molecule has 1 saturated heterocycles. The van der Waals surface area contributed by atoms with Gasteiger partial charge in [0.25, 0.3) is 5.91 Å². The lowest BCUT2D eigenvalue weighted by Crippen LogP contribution is -2.41. The fourth-order valence-electron chi connectivity index (χ4n) is 4.27. The first-order valence-corrected chi connectivity index (χ1v) is 12.0. The molecule has 4 rings (SSSR count). The maximum Gasteiger partial charge on any atom is 0.257 e. The second-order valence-electron chi connectivity index (χ2n) is 8.64. The summed E-state index contributed by atoms with van der Waals surface area (Å²) < 4.78 is 40.8. The molecule has 166 valence electrons. The Morgan fingerprint density at radius 3 is 2.58 bits per heavy atom. The first kappa shape index (κ1) is 21.6. The molecular weight excluding hydrogens is 416 g/mol. The van der Waals surface area contributed by atoms with Crippen LogP contribution in [-0.2, 0) is 10.0 Å². The standard InChI is InChI=1S/C23H28N2O5S/c1-23(2)15-19(17-8-4-5-9-21(17)30-23)24-31(27,28)16-10-11-20(29-3)18(14-16)22(26)25-12-6-7-13-25/h4-5,8-11,14,19,24H,6-7,12-13,15H2,1-3H3/t19-/m0/s1. The van der Waals surface area contributed by atoms with Gasteiger partial charge in [-0.05, 0) is 51.0 Å². The lowest BCUT2D eigenvalue weighted by atomic mass is 9.90. The number of carbonyl (C=O) groups is 1. The molecule has 8 heteroatoms. The van der Waals surface area contributed by atoms with E-state index in [4.69, 9.17) is 9.47 Å². The Morgan fingerprint density at radius 1 is 1.16 bits per heavy atom. The zero-order chi connectivity index (χ0) is 22.2. The van der Waals surface area contributed by atoms with Gasteiger partial charge in [-0.2, -0.15) is 0 Å². The Bertz CT molecular complexity index is 1090. The Hall–Kier alpha value is -2.58. The number of likely N-dealkylation sites (tertiary alicyclic amines) is 1. The van der Waals surface area contributed by atoms with Crippen LogP contribution in [0.15, 0.2) is 47.4 Å². The van der Waals surface area contributed by atoms with Crippen molar-refractivity contribution >= 4 is 15.9 Å². The molecule has 2 aromatic carbocycles. The molecule has 0 radical (unpaired) electrons. The van der Waals surface area contributed by atoms with Gasteiger partial charge in [-0.25, -0.2) is 13.1 Å². The largest absolute Gasteiger partial charge is 0.496 e. The number of nitrogens with one attached hydrogen (secondary N) is 1. The van der Waals surface area contributed by atoms with E-state index in [2.05, 4.69) is 4.72 Å². The molecule has 31 heavy (non-hydrogen) atoms. The number of sulfonamides is 1. The van der Waals surface area contributed by atoms with Gasteiger partial charge in [0.05, 0.1) is 23.6 Å². The highest BCUT2D eigenvalue weighted by atomic mass is 32.2. The van der Waals surface area contributed by atoms with Crippen molar-refractivity contribution < 1.29 is 22.7 Å². The maximum absolute atomic E-state index is 13.3. The van der Waals surface area contributed by atoms with Gasteiger partial charge in [-0.3, -0.25) is 4.79 Å². The highest BCUT2D eigenvalue weighted by Gasteiger charge is 2.36. The third kappa shape index (κ3) is 4.41. The number of hydrogen-bond donors (Lipinski definition) is 1. The minimum absolute atomic E-state index is 0.0395. The molecule has 0 saturated carbocycles. The summed E-state index contributed by atoms with van der Waals surface area (Å²) >= 11 is 0. The third-order valence-corrected chi connectivity index (χ3v) is 7.25. The van der Waals surface area contributed by atoms with Gasteiger partial charge in [0, 0.05) is 25.1 Å². The molecule has 2 aliphatic heterocycles. The summed E-state index contributed by atoms with van der Waals surface area (Å²) in [5, 5.41) is 0. The van der Waals surface area contributed by atoms with E-state index < -0.39 is 21.7 Å². The van der Waals surface area contributed by atoms with Crippen molar-refractivity contribution in [3.8, 4) is 11.5 Å². The van der Waals surface area contributed by atoms with Crippen LogP contribution >= 0.6 is 0 Å². The van der Waals surface area contributed by atoms with E-state index in [0.717, 1.165) is 18.4 Å².